The lowest BCUT2D eigenvalue weighted by atomic mass is 10.00. The quantitative estimate of drug-likeness (QED) is 0.619. The summed E-state index contributed by atoms with van der Waals surface area (Å²) in [5.41, 5.74) is 2.30. The van der Waals surface area contributed by atoms with Crippen LogP contribution < -0.4 is 0 Å². The number of piperidine rings is 2. The monoisotopic (exact) mass is 407 g/mol. The number of aromatic nitrogens is 1. The van der Waals surface area contributed by atoms with Gasteiger partial charge in [0.05, 0.1) is 10.6 Å². The van der Waals surface area contributed by atoms with Crippen molar-refractivity contribution < 1.29 is 4.79 Å². The van der Waals surface area contributed by atoms with Gasteiger partial charge in [-0.15, -0.1) is 11.3 Å². The van der Waals surface area contributed by atoms with Crippen LogP contribution in [-0.2, 0) is 11.3 Å². The third-order valence-corrected chi connectivity index (χ3v) is 7.49. The molecule has 5 heteroatoms. The number of hydrogen-bond donors (Lipinski definition) is 0. The van der Waals surface area contributed by atoms with Crippen LogP contribution in [0.5, 0.6) is 0 Å². The van der Waals surface area contributed by atoms with Crippen LogP contribution in [0.1, 0.15) is 32.1 Å². The van der Waals surface area contributed by atoms with Crippen molar-refractivity contribution in [2.75, 3.05) is 26.2 Å². The number of amides is 1. The predicted molar refractivity (Wildman–Crippen MR) is 120 cm³/mol. The van der Waals surface area contributed by atoms with Gasteiger partial charge in [-0.3, -0.25) is 4.79 Å². The molecule has 0 N–H and O–H groups in total. The van der Waals surface area contributed by atoms with Gasteiger partial charge in [-0.05, 0) is 62.4 Å². The minimum absolute atomic E-state index is 0.251. The largest absolute Gasteiger partial charge is 0.341 e. The molecule has 2 aliphatic heterocycles. The van der Waals surface area contributed by atoms with E-state index in [1.807, 2.05) is 0 Å². The first kappa shape index (κ1) is 18.9. The topological polar surface area (TPSA) is 28.5 Å². The fourth-order valence-corrected chi connectivity index (χ4v) is 5.76. The summed E-state index contributed by atoms with van der Waals surface area (Å²) in [6.45, 7) is 4.71. The van der Waals surface area contributed by atoms with Gasteiger partial charge in [0.15, 0.2) is 0 Å². The zero-order chi connectivity index (χ0) is 19.6. The Kier molecular flexibility index (Phi) is 5.42. The van der Waals surface area contributed by atoms with E-state index in [0.29, 0.717) is 12.6 Å². The van der Waals surface area contributed by atoms with Gasteiger partial charge < -0.3 is 14.4 Å². The summed E-state index contributed by atoms with van der Waals surface area (Å²) in [5, 5.41) is 3.30. The van der Waals surface area contributed by atoms with Gasteiger partial charge in [0.1, 0.15) is 6.54 Å². The second kappa shape index (κ2) is 8.33. The minimum atomic E-state index is 0.251. The predicted octanol–water partition coefficient (Wildman–Crippen LogP) is 4.85. The normalized spacial score (nSPS) is 19.1. The third-order valence-electron chi connectivity index (χ3n) is 6.60. The summed E-state index contributed by atoms with van der Waals surface area (Å²) in [5.74, 6) is 0.251. The van der Waals surface area contributed by atoms with Gasteiger partial charge in [-0.25, -0.2) is 0 Å². The van der Waals surface area contributed by atoms with Crippen LogP contribution >= 0.6 is 11.3 Å². The average Bonchev–Trinajstić information content (AvgIpc) is 3.43. The van der Waals surface area contributed by atoms with Crippen molar-refractivity contribution in [3.63, 3.8) is 0 Å². The molecule has 152 valence electrons. The lowest BCUT2D eigenvalue weighted by Gasteiger charge is -2.40. The van der Waals surface area contributed by atoms with Crippen molar-refractivity contribution in [2.24, 2.45) is 0 Å². The fourth-order valence-electron chi connectivity index (χ4n) is 5.01. The van der Waals surface area contributed by atoms with Crippen LogP contribution in [0.15, 0.2) is 47.8 Å². The number of fused-ring (bicyclic) bond motifs is 1. The molecule has 0 saturated carbocycles. The Hall–Kier alpha value is -2.11. The number of thiophene rings is 1. The number of carbonyl (C=O) groups excluding carboxylic acids is 1. The number of hydrogen-bond acceptors (Lipinski definition) is 3. The summed E-state index contributed by atoms with van der Waals surface area (Å²) >= 11 is 1.73. The molecular formula is C24H29N3OS. The fraction of sp³-hybridized carbons (Fsp3) is 0.458. The molecular weight excluding hydrogens is 378 g/mol. The first-order valence-electron chi connectivity index (χ1n) is 10.9. The molecule has 2 aliphatic rings. The van der Waals surface area contributed by atoms with E-state index >= 15 is 0 Å². The van der Waals surface area contributed by atoms with Gasteiger partial charge in [0.25, 0.3) is 0 Å². The molecule has 4 nitrogen and oxygen atoms in total. The van der Waals surface area contributed by atoms with Crippen LogP contribution in [0.3, 0.4) is 0 Å². The molecule has 4 heterocycles. The van der Waals surface area contributed by atoms with Crippen molar-refractivity contribution in [2.45, 2.75) is 44.7 Å². The maximum Gasteiger partial charge on any atom is 0.242 e. The molecule has 0 spiro atoms. The lowest BCUT2D eigenvalue weighted by Crippen LogP contribution is -2.48. The van der Waals surface area contributed by atoms with Crippen molar-refractivity contribution in [3.05, 3.63) is 47.8 Å². The summed E-state index contributed by atoms with van der Waals surface area (Å²) in [6, 6.07) is 15.5. The Morgan fingerprint density at radius 2 is 1.76 bits per heavy atom. The number of likely N-dealkylation sites (tertiary alicyclic amines) is 2. The third kappa shape index (κ3) is 3.86. The molecule has 0 atom stereocenters. The molecule has 3 aromatic rings. The summed E-state index contributed by atoms with van der Waals surface area (Å²) in [7, 11) is 0. The summed E-state index contributed by atoms with van der Waals surface area (Å²) in [6.07, 6.45) is 6.30. The summed E-state index contributed by atoms with van der Waals surface area (Å²) < 4.78 is 2.21. The van der Waals surface area contributed by atoms with Crippen LogP contribution in [0.4, 0.5) is 0 Å². The van der Waals surface area contributed by atoms with Crippen molar-refractivity contribution in [1.29, 1.82) is 0 Å². The second-order valence-corrected chi connectivity index (χ2v) is 9.31. The average molecular weight is 408 g/mol. The molecule has 0 bridgehead atoms. The lowest BCUT2D eigenvalue weighted by molar-refractivity contribution is -0.133. The molecule has 2 saturated heterocycles. The first-order valence-corrected chi connectivity index (χ1v) is 11.8. The highest BCUT2D eigenvalue weighted by Gasteiger charge is 2.28. The van der Waals surface area contributed by atoms with E-state index in [2.05, 4.69) is 62.2 Å². The maximum absolute atomic E-state index is 13.2. The van der Waals surface area contributed by atoms with Crippen molar-refractivity contribution >= 4 is 28.1 Å². The number of para-hydroxylation sites is 1. The Balaban J connectivity index is 1.31. The smallest absolute Gasteiger partial charge is 0.242 e. The van der Waals surface area contributed by atoms with Gasteiger partial charge in [0.2, 0.25) is 5.91 Å². The Labute approximate surface area is 176 Å². The van der Waals surface area contributed by atoms with E-state index in [0.717, 1.165) is 37.1 Å². The zero-order valence-corrected chi connectivity index (χ0v) is 17.7. The van der Waals surface area contributed by atoms with E-state index in [-0.39, 0.29) is 5.91 Å². The van der Waals surface area contributed by atoms with Crippen molar-refractivity contribution in [3.8, 4) is 10.6 Å². The molecule has 0 unspecified atom stereocenters. The van der Waals surface area contributed by atoms with E-state index < -0.39 is 0 Å². The molecule has 2 fully saturated rings. The van der Waals surface area contributed by atoms with E-state index in [9.17, 15) is 4.79 Å². The number of carbonyl (C=O) groups is 1. The molecule has 29 heavy (non-hydrogen) atoms. The standard InChI is InChI=1S/C24H29N3OS/c28-24(26-14-10-20(11-15-26)25-12-4-1-5-13-25)18-27-21-8-3-2-7-19(21)17-22(27)23-9-6-16-29-23/h2-3,6-9,16-17,20H,1,4-5,10-15,18H2. The van der Waals surface area contributed by atoms with Crippen molar-refractivity contribution in [1.82, 2.24) is 14.4 Å². The maximum atomic E-state index is 13.2. The van der Waals surface area contributed by atoms with Crippen LogP contribution in [0.25, 0.3) is 21.5 Å². The molecule has 5 rings (SSSR count). The molecule has 2 aromatic heterocycles. The molecule has 1 amide bonds. The Bertz CT molecular complexity index is 963. The second-order valence-electron chi connectivity index (χ2n) is 8.36. The van der Waals surface area contributed by atoms with E-state index in [1.54, 1.807) is 11.3 Å². The van der Waals surface area contributed by atoms with Crippen LogP contribution in [0, 0.1) is 0 Å². The van der Waals surface area contributed by atoms with Gasteiger partial charge in [-0.2, -0.15) is 0 Å². The van der Waals surface area contributed by atoms with E-state index in [4.69, 9.17) is 0 Å². The van der Waals surface area contributed by atoms with Gasteiger partial charge in [-0.1, -0.05) is 30.7 Å². The van der Waals surface area contributed by atoms with Gasteiger partial charge >= 0.3 is 0 Å². The number of benzene rings is 1. The molecule has 1 aromatic carbocycles. The highest BCUT2D eigenvalue weighted by molar-refractivity contribution is 7.13. The highest BCUT2D eigenvalue weighted by atomic mass is 32.1. The number of rotatable bonds is 4. The SMILES string of the molecule is O=C(Cn1c(-c2cccs2)cc2ccccc21)N1CCC(N2CCCCC2)CC1. The highest BCUT2D eigenvalue weighted by Crippen LogP contribution is 2.31. The zero-order valence-electron chi connectivity index (χ0n) is 16.9. The van der Waals surface area contributed by atoms with Crippen LogP contribution in [0.2, 0.25) is 0 Å². The Morgan fingerprint density at radius 1 is 0.966 bits per heavy atom. The minimum Gasteiger partial charge on any atom is -0.341 e. The molecule has 0 aliphatic carbocycles. The summed E-state index contributed by atoms with van der Waals surface area (Å²) in [4.78, 5) is 19.2. The van der Waals surface area contributed by atoms with E-state index in [1.165, 1.54) is 42.6 Å². The number of nitrogens with zero attached hydrogens (tertiary/aromatic N) is 3. The first-order chi connectivity index (χ1) is 14.3. The molecule has 0 radical (unpaired) electrons. The van der Waals surface area contributed by atoms with Crippen LogP contribution in [-0.4, -0.2) is 52.5 Å². The Morgan fingerprint density at radius 3 is 2.52 bits per heavy atom. The van der Waals surface area contributed by atoms with Gasteiger partial charge in [0, 0.05) is 30.0 Å².